The van der Waals surface area contributed by atoms with E-state index in [0.717, 1.165) is 16.9 Å². The zero-order valence-electron chi connectivity index (χ0n) is 9.05. The Kier molecular flexibility index (Phi) is 2.29. The van der Waals surface area contributed by atoms with Crippen molar-refractivity contribution in [3.05, 3.63) is 66.7 Å². The highest BCUT2D eigenvalue weighted by molar-refractivity contribution is 5.59. The highest BCUT2D eigenvalue weighted by atomic mass is 19.1. The quantitative estimate of drug-likeness (QED) is 0.582. The van der Waals surface area contributed by atoms with Crippen LogP contribution in [0.3, 0.4) is 0 Å². The van der Waals surface area contributed by atoms with Crippen molar-refractivity contribution in [3.8, 4) is 11.3 Å². The number of rotatable bonds is 1. The fraction of sp³-hybridized carbons (Fsp3) is 0. The maximum Gasteiger partial charge on any atom is 0.328 e. The molecule has 2 aromatic heterocycles. The second-order valence-electron chi connectivity index (χ2n) is 3.79. The van der Waals surface area contributed by atoms with Gasteiger partial charge in [-0.2, -0.15) is 0 Å². The molecule has 0 N–H and O–H groups in total. The SMILES string of the molecule is Fc1ccc(-c2cc[n+]3ccccc3n2)cc1. The maximum atomic E-state index is 12.8. The summed E-state index contributed by atoms with van der Waals surface area (Å²) >= 11 is 0. The number of pyridine rings is 1. The normalized spacial score (nSPS) is 10.6. The Labute approximate surface area is 98.0 Å². The zero-order chi connectivity index (χ0) is 11.7. The summed E-state index contributed by atoms with van der Waals surface area (Å²) in [5, 5.41) is 0. The first-order valence-electron chi connectivity index (χ1n) is 5.36. The van der Waals surface area contributed by atoms with Crippen LogP contribution < -0.4 is 4.40 Å². The molecule has 82 valence electrons. The van der Waals surface area contributed by atoms with Crippen LogP contribution in [0.5, 0.6) is 0 Å². The smallest absolute Gasteiger partial charge is 0.207 e. The van der Waals surface area contributed by atoms with Crippen LogP contribution in [0.4, 0.5) is 4.39 Å². The second-order valence-corrected chi connectivity index (χ2v) is 3.79. The van der Waals surface area contributed by atoms with E-state index in [9.17, 15) is 4.39 Å². The van der Waals surface area contributed by atoms with Crippen LogP contribution in [0.15, 0.2) is 60.9 Å². The van der Waals surface area contributed by atoms with Gasteiger partial charge in [0.05, 0.1) is 6.20 Å². The van der Waals surface area contributed by atoms with Crippen molar-refractivity contribution in [2.24, 2.45) is 0 Å². The first kappa shape index (κ1) is 9.90. The fourth-order valence-corrected chi connectivity index (χ4v) is 1.76. The van der Waals surface area contributed by atoms with Gasteiger partial charge in [0.25, 0.3) is 0 Å². The van der Waals surface area contributed by atoms with Crippen molar-refractivity contribution >= 4 is 5.65 Å². The molecule has 3 aromatic rings. The Hall–Kier alpha value is -2.29. The molecule has 0 aliphatic rings. The van der Waals surface area contributed by atoms with E-state index in [1.807, 2.05) is 41.1 Å². The lowest BCUT2D eigenvalue weighted by atomic mass is 10.1. The maximum absolute atomic E-state index is 12.8. The predicted molar refractivity (Wildman–Crippen MR) is 62.8 cm³/mol. The van der Waals surface area contributed by atoms with Crippen LogP contribution in [0, 0.1) is 5.82 Å². The summed E-state index contributed by atoms with van der Waals surface area (Å²) in [5.41, 5.74) is 2.63. The predicted octanol–water partition coefficient (Wildman–Crippen LogP) is 2.63. The zero-order valence-corrected chi connectivity index (χ0v) is 9.05. The molecule has 0 fully saturated rings. The van der Waals surface area contributed by atoms with E-state index in [1.165, 1.54) is 12.1 Å². The molecule has 3 heteroatoms. The third-order valence-electron chi connectivity index (χ3n) is 2.64. The number of halogens is 1. The molecule has 0 atom stereocenters. The van der Waals surface area contributed by atoms with E-state index < -0.39 is 0 Å². The summed E-state index contributed by atoms with van der Waals surface area (Å²) < 4.78 is 14.8. The fourth-order valence-electron chi connectivity index (χ4n) is 1.76. The molecule has 0 aliphatic carbocycles. The van der Waals surface area contributed by atoms with E-state index in [4.69, 9.17) is 0 Å². The molecular weight excluding hydrogens is 215 g/mol. The van der Waals surface area contributed by atoms with Gasteiger partial charge in [-0.15, -0.1) is 0 Å². The van der Waals surface area contributed by atoms with Crippen molar-refractivity contribution in [2.45, 2.75) is 0 Å². The molecule has 17 heavy (non-hydrogen) atoms. The molecule has 0 amide bonds. The number of nitrogens with zero attached hydrogens (tertiary/aromatic N) is 2. The number of benzene rings is 1. The third kappa shape index (κ3) is 1.87. The van der Waals surface area contributed by atoms with Crippen LogP contribution in [0.1, 0.15) is 0 Å². The first-order chi connectivity index (χ1) is 8.33. The van der Waals surface area contributed by atoms with Gasteiger partial charge in [-0.05, 0) is 35.3 Å². The highest BCUT2D eigenvalue weighted by Crippen LogP contribution is 2.16. The molecule has 0 bridgehead atoms. The minimum atomic E-state index is -0.232. The van der Waals surface area contributed by atoms with Crippen LogP contribution >= 0.6 is 0 Å². The monoisotopic (exact) mass is 225 g/mol. The minimum absolute atomic E-state index is 0.232. The van der Waals surface area contributed by atoms with Gasteiger partial charge in [0.15, 0.2) is 5.69 Å². The Morgan fingerprint density at radius 3 is 2.53 bits per heavy atom. The van der Waals surface area contributed by atoms with Gasteiger partial charge in [0.2, 0.25) is 0 Å². The van der Waals surface area contributed by atoms with E-state index >= 15 is 0 Å². The minimum Gasteiger partial charge on any atom is -0.207 e. The third-order valence-corrected chi connectivity index (χ3v) is 2.64. The van der Waals surface area contributed by atoms with Crippen LogP contribution in [-0.2, 0) is 0 Å². The topological polar surface area (TPSA) is 17.0 Å². The number of aromatic nitrogens is 2. The number of hydrogen-bond acceptors (Lipinski definition) is 1. The van der Waals surface area contributed by atoms with Gasteiger partial charge in [0.1, 0.15) is 12.0 Å². The highest BCUT2D eigenvalue weighted by Gasteiger charge is 2.08. The van der Waals surface area contributed by atoms with E-state index in [-0.39, 0.29) is 5.82 Å². The summed E-state index contributed by atoms with van der Waals surface area (Å²) in [6.07, 6.45) is 3.89. The average Bonchev–Trinajstić information content (AvgIpc) is 2.39. The molecule has 0 saturated carbocycles. The average molecular weight is 225 g/mol. The van der Waals surface area contributed by atoms with Crippen molar-refractivity contribution in [2.75, 3.05) is 0 Å². The van der Waals surface area contributed by atoms with E-state index in [2.05, 4.69) is 4.98 Å². The van der Waals surface area contributed by atoms with E-state index in [0.29, 0.717) is 0 Å². The Morgan fingerprint density at radius 1 is 0.882 bits per heavy atom. The molecular formula is C14H10FN2+. The molecule has 2 heterocycles. The molecule has 0 spiro atoms. The standard InChI is InChI=1S/C14H10FN2/c15-12-6-4-11(5-7-12)13-8-10-17-9-2-1-3-14(17)16-13/h1-10H/q+1. The Bertz CT molecular complexity index is 662. The summed E-state index contributed by atoms with van der Waals surface area (Å²) in [5.74, 6) is -0.232. The molecule has 1 aromatic carbocycles. The second kappa shape index (κ2) is 3.94. The molecule has 0 radical (unpaired) electrons. The van der Waals surface area contributed by atoms with Gasteiger partial charge >= 0.3 is 5.65 Å². The van der Waals surface area contributed by atoms with Gasteiger partial charge < -0.3 is 0 Å². The van der Waals surface area contributed by atoms with Crippen molar-refractivity contribution in [3.63, 3.8) is 0 Å². The molecule has 0 saturated heterocycles. The van der Waals surface area contributed by atoms with Gasteiger partial charge in [-0.25, -0.2) is 8.79 Å². The first-order valence-corrected chi connectivity index (χ1v) is 5.36. The number of hydrogen-bond donors (Lipinski definition) is 0. The summed E-state index contributed by atoms with van der Waals surface area (Å²) in [4.78, 5) is 4.52. The largest absolute Gasteiger partial charge is 0.328 e. The van der Waals surface area contributed by atoms with E-state index in [1.54, 1.807) is 12.1 Å². The summed E-state index contributed by atoms with van der Waals surface area (Å²) in [6.45, 7) is 0. The lowest BCUT2D eigenvalue weighted by molar-refractivity contribution is -0.514. The van der Waals surface area contributed by atoms with Gasteiger partial charge in [0, 0.05) is 17.7 Å². The lowest BCUT2D eigenvalue weighted by Gasteiger charge is -1.96. The van der Waals surface area contributed by atoms with Crippen LogP contribution in [-0.4, -0.2) is 4.98 Å². The van der Waals surface area contributed by atoms with Crippen LogP contribution in [0.25, 0.3) is 16.9 Å². The molecule has 0 aliphatic heterocycles. The van der Waals surface area contributed by atoms with Crippen molar-refractivity contribution in [1.29, 1.82) is 0 Å². The van der Waals surface area contributed by atoms with Crippen molar-refractivity contribution in [1.82, 2.24) is 4.98 Å². The van der Waals surface area contributed by atoms with Crippen LogP contribution in [0.2, 0.25) is 0 Å². The lowest BCUT2D eigenvalue weighted by Crippen LogP contribution is -2.21. The van der Waals surface area contributed by atoms with Gasteiger partial charge in [-0.1, -0.05) is 6.07 Å². The Balaban J connectivity index is 2.14. The Morgan fingerprint density at radius 2 is 1.71 bits per heavy atom. The summed E-state index contributed by atoms with van der Waals surface area (Å²) in [6, 6.07) is 14.1. The van der Waals surface area contributed by atoms with Crippen molar-refractivity contribution < 1.29 is 8.79 Å². The van der Waals surface area contributed by atoms with Gasteiger partial charge in [-0.3, -0.25) is 0 Å². The molecule has 2 nitrogen and oxygen atoms in total. The molecule has 3 rings (SSSR count). The summed E-state index contributed by atoms with van der Waals surface area (Å²) in [7, 11) is 0. The molecule has 0 unspecified atom stereocenters. The number of fused-ring (bicyclic) bond motifs is 1.